The SMILES string of the molecule is CN1C(=O)CNC(=O)c2cc(F)ccc21.Cn1c(=O)oc(=O)c2cc(F)ccc21.[2HH]. The molecule has 2 aromatic carbocycles. The maximum atomic E-state index is 12.9. The summed E-state index contributed by atoms with van der Waals surface area (Å²) in [4.78, 5) is 46.5. The van der Waals surface area contributed by atoms with Crippen LogP contribution >= 0.6 is 0 Å². The molecule has 0 fully saturated rings. The van der Waals surface area contributed by atoms with Crippen molar-refractivity contribution >= 4 is 28.4 Å². The third kappa shape index (κ3) is 3.91. The van der Waals surface area contributed by atoms with Crippen LogP contribution in [0.4, 0.5) is 14.5 Å². The molecule has 0 aliphatic carbocycles. The Bertz CT molecular complexity index is 1260. The molecular weight excluding hydrogens is 388 g/mol. The third-order valence-electron chi connectivity index (χ3n) is 4.33. The van der Waals surface area contributed by atoms with E-state index < -0.39 is 28.9 Å². The summed E-state index contributed by atoms with van der Waals surface area (Å²) < 4.78 is 31.2. The van der Waals surface area contributed by atoms with Crippen molar-refractivity contribution in [3.63, 3.8) is 0 Å². The second kappa shape index (κ2) is 7.66. The number of rotatable bonds is 0. The van der Waals surface area contributed by atoms with Crippen molar-refractivity contribution in [3.8, 4) is 0 Å². The molecule has 1 aliphatic rings. The topological polar surface area (TPSA) is 102 Å². The summed E-state index contributed by atoms with van der Waals surface area (Å²) in [6.07, 6.45) is 0. The van der Waals surface area contributed by atoms with Crippen molar-refractivity contribution in [2.24, 2.45) is 7.05 Å². The predicted octanol–water partition coefficient (Wildman–Crippen LogP) is 1.41. The molecule has 0 saturated heterocycles. The number of halogens is 2. The summed E-state index contributed by atoms with van der Waals surface area (Å²) in [6, 6.07) is 7.36. The second-order valence-electron chi connectivity index (χ2n) is 6.17. The van der Waals surface area contributed by atoms with Gasteiger partial charge in [0.05, 0.1) is 28.7 Å². The Kier molecular flexibility index (Phi) is 5.26. The second-order valence-corrected chi connectivity index (χ2v) is 6.17. The average Bonchev–Trinajstić information content (AvgIpc) is 2.79. The van der Waals surface area contributed by atoms with E-state index in [2.05, 4.69) is 9.73 Å². The summed E-state index contributed by atoms with van der Waals surface area (Å²) in [6.45, 7) is -0.0639. The van der Waals surface area contributed by atoms with Crippen molar-refractivity contribution in [1.29, 1.82) is 0 Å². The van der Waals surface area contributed by atoms with Gasteiger partial charge in [0.15, 0.2) is 0 Å². The molecule has 3 aromatic rings. The Hall–Kier alpha value is -3.82. The zero-order chi connectivity index (χ0) is 21.3. The lowest BCUT2D eigenvalue weighted by molar-refractivity contribution is -0.117. The van der Waals surface area contributed by atoms with Crippen molar-refractivity contribution in [2.75, 3.05) is 18.5 Å². The van der Waals surface area contributed by atoms with E-state index >= 15 is 0 Å². The van der Waals surface area contributed by atoms with Crippen LogP contribution < -0.4 is 21.6 Å². The minimum Gasteiger partial charge on any atom is -0.372 e. The number of aromatic nitrogens is 1. The van der Waals surface area contributed by atoms with Crippen LogP contribution in [0.15, 0.2) is 50.4 Å². The summed E-state index contributed by atoms with van der Waals surface area (Å²) in [5.41, 5.74) is 0.148. The van der Waals surface area contributed by atoms with E-state index in [-0.39, 0.29) is 24.8 Å². The van der Waals surface area contributed by atoms with E-state index in [9.17, 15) is 28.0 Å². The molecule has 4 rings (SSSR count). The number of fused-ring (bicyclic) bond motifs is 2. The van der Waals surface area contributed by atoms with Crippen LogP contribution in [0.25, 0.3) is 10.9 Å². The van der Waals surface area contributed by atoms with E-state index in [0.29, 0.717) is 11.2 Å². The van der Waals surface area contributed by atoms with E-state index in [4.69, 9.17) is 0 Å². The lowest BCUT2D eigenvalue weighted by atomic mass is 10.1. The first-order chi connectivity index (χ1) is 13.7. The molecule has 1 aromatic heterocycles. The molecule has 8 nitrogen and oxygen atoms in total. The highest BCUT2D eigenvalue weighted by Crippen LogP contribution is 2.22. The van der Waals surface area contributed by atoms with Gasteiger partial charge in [-0.3, -0.25) is 14.2 Å². The fraction of sp³-hybridized carbons (Fsp3) is 0.158. The predicted molar refractivity (Wildman–Crippen MR) is 102 cm³/mol. The van der Waals surface area contributed by atoms with Crippen molar-refractivity contribution in [1.82, 2.24) is 9.88 Å². The standard InChI is InChI=1S/C10H9FN2O2.C9H6FNO3.H2/c1-13-8-3-2-6(11)4-7(8)10(15)12-5-9(13)14;1-11-7-3-2-5(10)4-6(7)8(12)14-9(11)13;/h2-4H,5H2,1H3,(H,12,15);2-4H,1H3;1H/i;;1+1. The van der Waals surface area contributed by atoms with E-state index in [1.165, 1.54) is 36.2 Å². The molecule has 2 amide bonds. The monoisotopic (exact) mass is 406 g/mol. The number of carbonyl (C=O) groups excluding carboxylic acids is 2. The lowest BCUT2D eigenvalue weighted by Crippen LogP contribution is -2.33. The molecule has 0 atom stereocenters. The van der Waals surface area contributed by atoms with Gasteiger partial charge in [-0.2, -0.15) is 0 Å². The van der Waals surface area contributed by atoms with E-state index in [1.54, 1.807) is 7.05 Å². The number of anilines is 1. The van der Waals surface area contributed by atoms with Crippen LogP contribution in [0.3, 0.4) is 0 Å². The number of aryl methyl sites for hydroxylation is 1. The third-order valence-corrected chi connectivity index (χ3v) is 4.33. The molecule has 0 bridgehead atoms. The molecule has 0 saturated carbocycles. The molecule has 1 aliphatic heterocycles. The number of carbonyl (C=O) groups is 2. The Morgan fingerprint density at radius 2 is 1.66 bits per heavy atom. The summed E-state index contributed by atoms with van der Waals surface area (Å²) in [5, 5.41) is 2.47. The molecule has 0 spiro atoms. The van der Waals surface area contributed by atoms with Crippen LogP contribution in [0.1, 0.15) is 11.8 Å². The molecule has 152 valence electrons. The molecule has 1 N–H and O–H groups in total. The highest BCUT2D eigenvalue weighted by atomic mass is 19.1. The number of likely N-dealkylation sites (N-methyl/N-ethyl adjacent to an activating group) is 1. The molecular formula is C19H17F2N3O5. The number of nitrogens with zero attached hydrogens (tertiary/aromatic N) is 2. The van der Waals surface area contributed by atoms with E-state index in [0.717, 1.165) is 16.7 Å². The largest absolute Gasteiger partial charge is 0.422 e. The Morgan fingerprint density at radius 3 is 2.38 bits per heavy atom. The van der Waals surface area contributed by atoms with Gasteiger partial charge in [0.25, 0.3) is 5.91 Å². The maximum Gasteiger partial charge on any atom is 0.422 e. The fourth-order valence-corrected chi connectivity index (χ4v) is 2.75. The zero-order valence-corrected chi connectivity index (χ0v) is 15.4. The Labute approximate surface area is 163 Å². The quantitative estimate of drug-likeness (QED) is 0.608. The number of amides is 2. The van der Waals surface area contributed by atoms with Crippen molar-refractivity contribution < 1.29 is 24.2 Å². The first kappa shape index (κ1) is 19.9. The van der Waals surface area contributed by atoms with Gasteiger partial charge in [-0.1, -0.05) is 0 Å². The van der Waals surface area contributed by atoms with Gasteiger partial charge >= 0.3 is 11.4 Å². The maximum absolute atomic E-state index is 12.9. The molecule has 0 unspecified atom stereocenters. The Morgan fingerprint density at radius 1 is 1.00 bits per heavy atom. The normalized spacial score (nSPS) is 13.3. The number of hydrogen-bond donors (Lipinski definition) is 1. The van der Waals surface area contributed by atoms with Gasteiger partial charge in [-0.05, 0) is 36.4 Å². The van der Waals surface area contributed by atoms with Gasteiger partial charge in [0.2, 0.25) is 5.91 Å². The van der Waals surface area contributed by atoms with Crippen molar-refractivity contribution in [2.45, 2.75) is 0 Å². The first-order valence-corrected chi connectivity index (χ1v) is 8.32. The van der Waals surface area contributed by atoms with Crippen LogP contribution in [0.5, 0.6) is 0 Å². The molecule has 2 heterocycles. The lowest BCUT2D eigenvalue weighted by Gasteiger charge is -2.15. The number of nitrogens with one attached hydrogen (secondary N) is 1. The highest BCUT2D eigenvalue weighted by Gasteiger charge is 2.23. The van der Waals surface area contributed by atoms with E-state index in [1.807, 2.05) is 0 Å². The van der Waals surface area contributed by atoms with Gasteiger partial charge in [0.1, 0.15) is 11.6 Å². The fourth-order valence-electron chi connectivity index (χ4n) is 2.75. The summed E-state index contributed by atoms with van der Waals surface area (Å²) in [7, 11) is 3.00. The Balaban J connectivity index is 0.000000207. The van der Waals surface area contributed by atoms with Crippen LogP contribution in [0, 0.1) is 11.6 Å². The van der Waals surface area contributed by atoms with Crippen molar-refractivity contribution in [3.05, 3.63) is 74.6 Å². The number of benzene rings is 2. The van der Waals surface area contributed by atoms with Crippen LogP contribution in [-0.2, 0) is 11.8 Å². The zero-order valence-electron chi connectivity index (χ0n) is 15.4. The molecule has 29 heavy (non-hydrogen) atoms. The summed E-state index contributed by atoms with van der Waals surface area (Å²) >= 11 is 0. The average molecular weight is 406 g/mol. The molecule has 0 radical (unpaired) electrons. The first-order valence-electron chi connectivity index (χ1n) is 8.32. The highest BCUT2D eigenvalue weighted by molar-refractivity contribution is 6.09. The van der Waals surface area contributed by atoms with Gasteiger partial charge < -0.3 is 14.6 Å². The summed E-state index contributed by atoms with van der Waals surface area (Å²) in [5.74, 6) is -2.44. The smallest absolute Gasteiger partial charge is 0.372 e. The van der Waals surface area contributed by atoms with Gasteiger partial charge in [-0.25, -0.2) is 18.4 Å². The van der Waals surface area contributed by atoms with Crippen LogP contribution in [0.2, 0.25) is 0 Å². The minimum atomic E-state index is -0.817. The van der Waals surface area contributed by atoms with Crippen LogP contribution in [-0.4, -0.2) is 30.0 Å². The van der Waals surface area contributed by atoms with Gasteiger partial charge in [-0.15, -0.1) is 0 Å². The molecule has 10 heteroatoms. The van der Waals surface area contributed by atoms with Gasteiger partial charge in [0, 0.05) is 15.5 Å². The number of hydrogen-bond acceptors (Lipinski definition) is 5. The minimum absolute atomic E-state index is 0.